The lowest BCUT2D eigenvalue weighted by Crippen LogP contribution is -2.34. The Morgan fingerprint density at radius 2 is 1.72 bits per heavy atom. The van der Waals surface area contributed by atoms with Gasteiger partial charge in [-0.25, -0.2) is 0 Å². The molecule has 0 bridgehead atoms. The van der Waals surface area contributed by atoms with Crippen LogP contribution in [-0.2, 0) is 0 Å². The first-order valence-electron chi connectivity index (χ1n) is 7.94. The van der Waals surface area contributed by atoms with Crippen LogP contribution in [0.5, 0.6) is 0 Å². The summed E-state index contributed by atoms with van der Waals surface area (Å²) in [6.07, 6.45) is 8.49. The molecule has 1 heteroatoms. The maximum absolute atomic E-state index is 4.22. The van der Waals surface area contributed by atoms with Crippen LogP contribution in [0.2, 0.25) is 0 Å². The minimum Gasteiger partial charge on any atom is -0.375 e. The van der Waals surface area contributed by atoms with Gasteiger partial charge in [0.2, 0.25) is 0 Å². The third-order valence-corrected chi connectivity index (χ3v) is 4.33. The fourth-order valence-electron chi connectivity index (χ4n) is 2.86. The third kappa shape index (κ3) is 5.46. The molecule has 0 radical (unpaired) electrons. The van der Waals surface area contributed by atoms with Crippen LogP contribution >= 0.6 is 0 Å². The number of rotatable bonds is 7. The van der Waals surface area contributed by atoms with Crippen LogP contribution < -0.4 is 0 Å². The van der Waals surface area contributed by atoms with Crippen molar-refractivity contribution in [3.05, 3.63) is 12.3 Å². The van der Waals surface area contributed by atoms with Gasteiger partial charge in [-0.2, -0.15) is 0 Å². The zero-order chi connectivity index (χ0) is 13.5. The molecule has 0 atom stereocenters. The van der Waals surface area contributed by atoms with Crippen molar-refractivity contribution in [2.24, 2.45) is 17.8 Å². The number of hydrogen-bond acceptors (Lipinski definition) is 1. The van der Waals surface area contributed by atoms with E-state index < -0.39 is 0 Å². The number of allylic oxidation sites excluding steroid dienone is 1. The van der Waals surface area contributed by atoms with Crippen molar-refractivity contribution >= 4 is 0 Å². The Bertz CT molecular complexity index is 234. The Morgan fingerprint density at radius 3 is 2.22 bits per heavy atom. The second-order valence-electron chi connectivity index (χ2n) is 6.75. The molecule has 0 unspecified atom stereocenters. The number of piperidine rings is 1. The van der Waals surface area contributed by atoms with Crippen LogP contribution in [0.4, 0.5) is 0 Å². The minimum absolute atomic E-state index is 0.604. The molecule has 0 aromatic carbocycles. The van der Waals surface area contributed by atoms with Crippen LogP contribution in [0.25, 0.3) is 0 Å². The highest BCUT2D eigenvalue weighted by atomic mass is 15.1. The molecular weight excluding hydrogens is 218 g/mol. The molecule has 0 N–H and O–H groups in total. The highest BCUT2D eigenvalue weighted by Gasteiger charge is 2.20. The highest BCUT2D eigenvalue weighted by Crippen LogP contribution is 2.26. The van der Waals surface area contributed by atoms with E-state index in [2.05, 4.69) is 39.2 Å². The average molecular weight is 251 g/mol. The molecule has 0 aromatic heterocycles. The van der Waals surface area contributed by atoms with Crippen LogP contribution in [0, 0.1) is 17.8 Å². The van der Waals surface area contributed by atoms with E-state index in [0.717, 1.165) is 11.8 Å². The number of nitrogens with zero attached hydrogens (tertiary/aromatic N) is 1. The summed E-state index contributed by atoms with van der Waals surface area (Å²) in [4.78, 5) is 2.51. The van der Waals surface area contributed by atoms with E-state index in [1.165, 1.54) is 57.3 Å². The monoisotopic (exact) mass is 251 g/mol. The van der Waals surface area contributed by atoms with Gasteiger partial charge in [-0.15, -0.1) is 0 Å². The fourth-order valence-corrected chi connectivity index (χ4v) is 2.86. The van der Waals surface area contributed by atoms with E-state index >= 15 is 0 Å². The molecule has 1 saturated heterocycles. The van der Waals surface area contributed by atoms with E-state index in [1.54, 1.807) is 0 Å². The maximum Gasteiger partial charge on any atom is 0.0177 e. The van der Waals surface area contributed by atoms with E-state index in [-0.39, 0.29) is 0 Å². The number of hydrogen-bond donors (Lipinski definition) is 0. The lowest BCUT2D eigenvalue weighted by Gasteiger charge is -2.36. The third-order valence-electron chi connectivity index (χ3n) is 4.33. The van der Waals surface area contributed by atoms with E-state index in [1.807, 2.05) is 0 Å². The Balaban J connectivity index is 2.14. The van der Waals surface area contributed by atoms with E-state index in [9.17, 15) is 0 Å². The second-order valence-corrected chi connectivity index (χ2v) is 6.75. The van der Waals surface area contributed by atoms with Crippen LogP contribution in [0.3, 0.4) is 0 Å². The molecule has 1 heterocycles. The van der Waals surface area contributed by atoms with Crippen molar-refractivity contribution < 1.29 is 0 Å². The Labute approximate surface area is 115 Å². The second kappa shape index (κ2) is 7.86. The minimum atomic E-state index is 0.604. The van der Waals surface area contributed by atoms with Gasteiger partial charge in [-0.1, -0.05) is 60.0 Å². The number of unbranched alkanes of at least 4 members (excludes halogenated alkanes) is 1. The first-order chi connectivity index (χ1) is 8.50. The zero-order valence-corrected chi connectivity index (χ0v) is 13.0. The summed E-state index contributed by atoms with van der Waals surface area (Å²) < 4.78 is 0. The Hall–Kier alpha value is -0.460. The Kier molecular flexibility index (Phi) is 6.81. The molecule has 106 valence electrons. The lowest BCUT2D eigenvalue weighted by atomic mass is 9.90. The maximum atomic E-state index is 4.22. The lowest BCUT2D eigenvalue weighted by molar-refractivity contribution is 0.203. The van der Waals surface area contributed by atoms with Crippen molar-refractivity contribution in [2.45, 2.75) is 66.2 Å². The van der Waals surface area contributed by atoms with Gasteiger partial charge in [-0.05, 0) is 30.6 Å². The van der Waals surface area contributed by atoms with Crippen molar-refractivity contribution in [1.82, 2.24) is 4.90 Å². The van der Waals surface area contributed by atoms with Crippen LogP contribution in [0.1, 0.15) is 66.2 Å². The van der Waals surface area contributed by atoms with Gasteiger partial charge >= 0.3 is 0 Å². The average Bonchev–Trinajstić information content (AvgIpc) is 2.34. The summed E-state index contributed by atoms with van der Waals surface area (Å²) in [5, 5.41) is 0. The van der Waals surface area contributed by atoms with E-state index in [0.29, 0.717) is 5.92 Å². The largest absolute Gasteiger partial charge is 0.375 e. The zero-order valence-electron chi connectivity index (χ0n) is 13.0. The normalized spacial score (nSPS) is 17.8. The molecule has 0 saturated carbocycles. The molecule has 1 nitrogen and oxygen atoms in total. The fraction of sp³-hybridized carbons (Fsp3) is 0.882. The summed E-state index contributed by atoms with van der Waals surface area (Å²) >= 11 is 0. The quantitative estimate of drug-likeness (QED) is 0.570. The molecule has 1 rings (SSSR count). The van der Waals surface area contributed by atoms with Gasteiger partial charge in [0.1, 0.15) is 0 Å². The molecule has 0 aromatic rings. The molecule has 0 spiro atoms. The van der Waals surface area contributed by atoms with Crippen LogP contribution in [0.15, 0.2) is 12.3 Å². The van der Waals surface area contributed by atoms with Crippen molar-refractivity contribution in [1.29, 1.82) is 0 Å². The SMILES string of the molecule is C=C(C(C)C)N1CCC(CCCCC(C)C)CC1. The van der Waals surface area contributed by atoms with Crippen molar-refractivity contribution in [2.75, 3.05) is 13.1 Å². The summed E-state index contributed by atoms with van der Waals surface area (Å²) in [6.45, 7) is 15.9. The smallest absolute Gasteiger partial charge is 0.0177 e. The predicted octanol–water partition coefficient (Wildman–Crippen LogP) is 5.08. The molecule has 0 amide bonds. The number of likely N-dealkylation sites (tertiary alicyclic amines) is 1. The summed E-state index contributed by atoms with van der Waals surface area (Å²) in [7, 11) is 0. The van der Waals surface area contributed by atoms with Gasteiger partial charge < -0.3 is 4.90 Å². The molecular formula is C17H33N. The molecule has 1 aliphatic heterocycles. The standard InChI is InChI=1S/C17H33N/c1-14(2)8-6-7-9-17-10-12-18(13-11-17)16(5)15(3)4/h14-15,17H,5-13H2,1-4H3. The molecule has 18 heavy (non-hydrogen) atoms. The molecule has 1 fully saturated rings. The first kappa shape index (κ1) is 15.6. The first-order valence-corrected chi connectivity index (χ1v) is 7.94. The molecule has 1 aliphatic rings. The highest BCUT2D eigenvalue weighted by molar-refractivity contribution is 4.98. The van der Waals surface area contributed by atoms with Crippen molar-refractivity contribution in [3.63, 3.8) is 0 Å². The summed E-state index contributed by atoms with van der Waals surface area (Å²) in [6, 6.07) is 0. The topological polar surface area (TPSA) is 3.24 Å². The van der Waals surface area contributed by atoms with Gasteiger partial charge in [0.05, 0.1) is 0 Å². The molecule has 0 aliphatic carbocycles. The van der Waals surface area contributed by atoms with Gasteiger partial charge in [0.15, 0.2) is 0 Å². The predicted molar refractivity (Wildman–Crippen MR) is 81.6 cm³/mol. The Morgan fingerprint density at radius 1 is 1.11 bits per heavy atom. The van der Waals surface area contributed by atoms with Gasteiger partial charge in [0, 0.05) is 18.8 Å². The van der Waals surface area contributed by atoms with Crippen molar-refractivity contribution in [3.8, 4) is 0 Å². The van der Waals surface area contributed by atoms with Crippen LogP contribution in [-0.4, -0.2) is 18.0 Å². The summed E-state index contributed by atoms with van der Waals surface area (Å²) in [5.74, 6) is 2.46. The van der Waals surface area contributed by atoms with Gasteiger partial charge in [-0.3, -0.25) is 0 Å². The van der Waals surface area contributed by atoms with Gasteiger partial charge in [0.25, 0.3) is 0 Å². The summed E-state index contributed by atoms with van der Waals surface area (Å²) in [5.41, 5.74) is 1.34. The van der Waals surface area contributed by atoms with E-state index in [4.69, 9.17) is 0 Å².